The first kappa shape index (κ1) is 17.3. The van der Waals surface area contributed by atoms with Crippen molar-refractivity contribution >= 4 is 17.5 Å². The standard InChI is InChI=1S/C18H22FN5O/c1-3-23-7-9-24(10-8-23)17(25)16-11-13(2)20-18(22-16)21-15-6-4-5-14(19)12-15/h4-6,11-12H,3,7-10H2,1-2H3,(H,20,21,22). The number of rotatable bonds is 4. The van der Waals surface area contributed by atoms with E-state index in [1.807, 2.05) is 11.8 Å². The molecule has 1 N–H and O–H groups in total. The van der Waals surface area contributed by atoms with Gasteiger partial charge in [-0.1, -0.05) is 13.0 Å². The molecule has 0 bridgehead atoms. The molecule has 2 heterocycles. The smallest absolute Gasteiger partial charge is 0.272 e. The molecule has 1 fully saturated rings. The Balaban J connectivity index is 1.76. The van der Waals surface area contributed by atoms with Gasteiger partial charge in [-0.3, -0.25) is 4.79 Å². The summed E-state index contributed by atoms with van der Waals surface area (Å²) in [4.78, 5) is 25.5. The summed E-state index contributed by atoms with van der Waals surface area (Å²) in [5.74, 6) is -0.146. The summed E-state index contributed by atoms with van der Waals surface area (Å²) in [7, 11) is 0. The average Bonchev–Trinajstić information content (AvgIpc) is 2.60. The van der Waals surface area contributed by atoms with E-state index >= 15 is 0 Å². The fourth-order valence-electron chi connectivity index (χ4n) is 2.86. The second-order valence-electron chi connectivity index (χ2n) is 6.08. The van der Waals surface area contributed by atoms with Gasteiger partial charge < -0.3 is 15.1 Å². The fraction of sp³-hybridized carbons (Fsp3) is 0.389. The van der Waals surface area contributed by atoms with Crippen LogP contribution in [0.4, 0.5) is 16.0 Å². The minimum absolute atomic E-state index is 0.0939. The first-order chi connectivity index (χ1) is 12.0. The van der Waals surface area contributed by atoms with E-state index in [0.717, 1.165) is 19.6 Å². The van der Waals surface area contributed by atoms with Crippen LogP contribution in [0.15, 0.2) is 30.3 Å². The number of nitrogens with one attached hydrogen (secondary N) is 1. The number of amides is 1. The van der Waals surface area contributed by atoms with E-state index in [4.69, 9.17) is 0 Å². The van der Waals surface area contributed by atoms with Crippen LogP contribution in [0.2, 0.25) is 0 Å². The molecule has 25 heavy (non-hydrogen) atoms. The summed E-state index contributed by atoms with van der Waals surface area (Å²) in [6.45, 7) is 8.07. The zero-order valence-electron chi connectivity index (χ0n) is 14.5. The van der Waals surface area contributed by atoms with Crippen molar-refractivity contribution in [3.05, 3.63) is 47.5 Å². The maximum Gasteiger partial charge on any atom is 0.272 e. The number of aryl methyl sites for hydroxylation is 1. The molecule has 1 saturated heterocycles. The lowest BCUT2D eigenvalue weighted by molar-refractivity contribution is 0.0637. The van der Waals surface area contributed by atoms with Gasteiger partial charge in [-0.2, -0.15) is 0 Å². The largest absolute Gasteiger partial charge is 0.335 e. The number of anilines is 2. The first-order valence-corrected chi connectivity index (χ1v) is 8.45. The minimum atomic E-state index is -0.345. The van der Waals surface area contributed by atoms with Gasteiger partial charge in [0.2, 0.25) is 5.95 Å². The van der Waals surface area contributed by atoms with Crippen molar-refractivity contribution < 1.29 is 9.18 Å². The number of halogens is 1. The van der Waals surface area contributed by atoms with Gasteiger partial charge in [0.1, 0.15) is 11.5 Å². The molecule has 0 aliphatic carbocycles. The molecule has 1 aliphatic heterocycles. The molecule has 1 aliphatic rings. The van der Waals surface area contributed by atoms with Gasteiger partial charge >= 0.3 is 0 Å². The number of benzene rings is 1. The maximum absolute atomic E-state index is 13.3. The second kappa shape index (κ2) is 7.57. The van der Waals surface area contributed by atoms with Gasteiger partial charge in [-0.25, -0.2) is 14.4 Å². The Kier molecular flexibility index (Phi) is 5.23. The van der Waals surface area contributed by atoms with E-state index in [-0.39, 0.29) is 11.7 Å². The number of hydrogen-bond donors (Lipinski definition) is 1. The van der Waals surface area contributed by atoms with Crippen molar-refractivity contribution in [2.75, 3.05) is 38.0 Å². The summed E-state index contributed by atoms with van der Waals surface area (Å²) in [6, 6.07) is 7.74. The molecule has 3 rings (SSSR count). The number of carbonyl (C=O) groups excluding carboxylic acids is 1. The molecular formula is C18H22FN5O. The normalized spacial score (nSPS) is 15.2. The van der Waals surface area contributed by atoms with Crippen LogP contribution in [0.1, 0.15) is 23.1 Å². The van der Waals surface area contributed by atoms with Crippen LogP contribution < -0.4 is 5.32 Å². The van der Waals surface area contributed by atoms with Gasteiger partial charge in [-0.05, 0) is 37.7 Å². The molecule has 0 radical (unpaired) electrons. The highest BCUT2D eigenvalue weighted by atomic mass is 19.1. The Morgan fingerprint density at radius 1 is 1.20 bits per heavy atom. The highest BCUT2D eigenvalue weighted by Gasteiger charge is 2.23. The van der Waals surface area contributed by atoms with E-state index < -0.39 is 0 Å². The molecule has 6 nitrogen and oxygen atoms in total. The van der Waals surface area contributed by atoms with Crippen LogP contribution in [0, 0.1) is 12.7 Å². The molecule has 1 amide bonds. The third-order valence-corrected chi connectivity index (χ3v) is 4.26. The Morgan fingerprint density at radius 2 is 1.96 bits per heavy atom. The lowest BCUT2D eigenvalue weighted by atomic mass is 10.2. The van der Waals surface area contributed by atoms with Crippen LogP contribution >= 0.6 is 0 Å². The number of carbonyl (C=O) groups is 1. The van der Waals surface area contributed by atoms with Crippen LogP contribution in [0.5, 0.6) is 0 Å². The third-order valence-electron chi connectivity index (χ3n) is 4.26. The molecule has 7 heteroatoms. The molecule has 2 aromatic rings. The molecular weight excluding hydrogens is 321 g/mol. The van der Waals surface area contributed by atoms with Crippen LogP contribution in [-0.4, -0.2) is 58.4 Å². The topological polar surface area (TPSA) is 61.4 Å². The fourth-order valence-corrected chi connectivity index (χ4v) is 2.86. The van der Waals surface area contributed by atoms with Crippen molar-refractivity contribution in [2.24, 2.45) is 0 Å². The van der Waals surface area contributed by atoms with Crippen molar-refractivity contribution in [1.82, 2.24) is 19.8 Å². The number of hydrogen-bond acceptors (Lipinski definition) is 5. The quantitative estimate of drug-likeness (QED) is 0.924. The summed E-state index contributed by atoms with van der Waals surface area (Å²) >= 11 is 0. The highest BCUT2D eigenvalue weighted by Crippen LogP contribution is 2.16. The number of likely N-dealkylation sites (N-methyl/N-ethyl adjacent to an activating group) is 1. The van der Waals surface area contributed by atoms with Gasteiger partial charge in [0.15, 0.2) is 0 Å². The lowest BCUT2D eigenvalue weighted by Gasteiger charge is -2.33. The number of piperazine rings is 1. The zero-order valence-corrected chi connectivity index (χ0v) is 14.5. The lowest BCUT2D eigenvalue weighted by Crippen LogP contribution is -2.48. The third kappa shape index (κ3) is 4.30. The maximum atomic E-state index is 13.3. The molecule has 0 saturated carbocycles. The summed E-state index contributed by atoms with van der Waals surface area (Å²) in [5.41, 5.74) is 1.58. The molecule has 0 spiro atoms. The van der Waals surface area contributed by atoms with Crippen LogP contribution in [0.3, 0.4) is 0 Å². The van der Waals surface area contributed by atoms with E-state index in [1.54, 1.807) is 18.2 Å². The Labute approximate surface area is 146 Å². The van der Waals surface area contributed by atoms with E-state index in [9.17, 15) is 9.18 Å². The van der Waals surface area contributed by atoms with E-state index in [0.29, 0.717) is 36.1 Å². The van der Waals surface area contributed by atoms with Crippen molar-refractivity contribution in [3.8, 4) is 0 Å². The minimum Gasteiger partial charge on any atom is -0.335 e. The van der Waals surface area contributed by atoms with Crippen molar-refractivity contribution in [3.63, 3.8) is 0 Å². The summed E-state index contributed by atoms with van der Waals surface area (Å²) in [6.07, 6.45) is 0. The van der Waals surface area contributed by atoms with Crippen molar-refractivity contribution in [2.45, 2.75) is 13.8 Å². The Bertz CT molecular complexity index is 759. The predicted molar refractivity (Wildman–Crippen MR) is 94.5 cm³/mol. The van der Waals surface area contributed by atoms with Gasteiger partial charge in [0.25, 0.3) is 5.91 Å². The van der Waals surface area contributed by atoms with Crippen molar-refractivity contribution in [1.29, 1.82) is 0 Å². The molecule has 0 unspecified atom stereocenters. The van der Waals surface area contributed by atoms with Crippen LogP contribution in [-0.2, 0) is 0 Å². The first-order valence-electron chi connectivity index (χ1n) is 8.45. The monoisotopic (exact) mass is 343 g/mol. The van der Waals surface area contributed by atoms with Crippen LogP contribution in [0.25, 0.3) is 0 Å². The Morgan fingerprint density at radius 3 is 2.64 bits per heavy atom. The number of aromatic nitrogens is 2. The van der Waals surface area contributed by atoms with Gasteiger partial charge in [-0.15, -0.1) is 0 Å². The van der Waals surface area contributed by atoms with Gasteiger partial charge in [0, 0.05) is 37.6 Å². The molecule has 1 aromatic carbocycles. The highest BCUT2D eigenvalue weighted by molar-refractivity contribution is 5.92. The average molecular weight is 343 g/mol. The second-order valence-corrected chi connectivity index (χ2v) is 6.08. The summed E-state index contributed by atoms with van der Waals surface area (Å²) < 4.78 is 13.3. The van der Waals surface area contributed by atoms with Gasteiger partial charge in [0.05, 0.1) is 0 Å². The molecule has 132 valence electrons. The SMILES string of the molecule is CCN1CCN(C(=O)c2cc(C)nc(Nc3cccc(F)c3)n2)CC1. The Hall–Kier alpha value is -2.54. The zero-order chi connectivity index (χ0) is 17.8. The number of nitrogens with zero attached hydrogens (tertiary/aromatic N) is 4. The van der Waals surface area contributed by atoms with E-state index in [2.05, 4.69) is 27.1 Å². The van der Waals surface area contributed by atoms with E-state index in [1.165, 1.54) is 12.1 Å². The molecule has 1 aromatic heterocycles. The summed E-state index contributed by atoms with van der Waals surface area (Å²) in [5, 5.41) is 2.96. The molecule has 0 atom stereocenters. The predicted octanol–water partition coefficient (Wildman–Crippen LogP) is 2.45.